The van der Waals surface area contributed by atoms with Crippen molar-refractivity contribution in [1.82, 2.24) is 5.32 Å². The fourth-order valence-electron chi connectivity index (χ4n) is 0.623. The molecule has 3 nitrogen and oxygen atoms in total. The van der Waals surface area contributed by atoms with Crippen LogP contribution in [0.3, 0.4) is 0 Å². The van der Waals surface area contributed by atoms with E-state index in [0.29, 0.717) is 12.2 Å². The predicted octanol–water partition coefficient (Wildman–Crippen LogP) is 1.45. The Morgan fingerprint density at radius 1 is 1.50 bits per heavy atom. The number of nitrogens with one attached hydrogen (secondary N) is 1. The van der Waals surface area contributed by atoms with Crippen molar-refractivity contribution in [1.29, 1.82) is 0 Å². The van der Waals surface area contributed by atoms with E-state index in [9.17, 15) is 4.79 Å². The molecule has 0 aliphatic rings. The minimum atomic E-state index is -0.238. The zero-order valence-electron chi connectivity index (χ0n) is 8.02. The van der Waals surface area contributed by atoms with Crippen LogP contribution >= 0.6 is 0 Å². The van der Waals surface area contributed by atoms with Gasteiger partial charge in [-0.15, -0.1) is 0 Å². The van der Waals surface area contributed by atoms with Crippen LogP contribution in [-0.2, 0) is 9.53 Å². The van der Waals surface area contributed by atoms with Gasteiger partial charge in [-0.3, -0.25) is 0 Å². The maximum atomic E-state index is 11.1. The third kappa shape index (κ3) is 4.77. The van der Waals surface area contributed by atoms with Crippen LogP contribution in [0.15, 0.2) is 11.8 Å². The molecule has 0 aliphatic carbocycles. The molecule has 0 rings (SSSR count). The van der Waals surface area contributed by atoms with Crippen LogP contribution in [0.2, 0.25) is 0 Å². The van der Waals surface area contributed by atoms with Crippen LogP contribution in [0.5, 0.6) is 0 Å². The molecule has 0 saturated heterocycles. The smallest absolute Gasteiger partial charge is 0.335 e. The monoisotopic (exact) mass is 171 g/mol. The van der Waals surface area contributed by atoms with Crippen molar-refractivity contribution in [3.8, 4) is 0 Å². The average Bonchev–Trinajstić information content (AvgIpc) is 2.10. The third-order valence-electron chi connectivity index (χ3n) is 1.28. The van der Waals surface area contributed by atoms with Crippen molar-refractivity contribution in [3.05, 3.63) is 11.8 Å². The minimum absolute atomic E-state index is 0.238. The summed E-state index contributed by atoms with van der Waals surface area (Å²) in [5, 5.41) is 2.94. The molecule has 3 heteroatoms. The Morgan fingerprint density at radius 3 is 2.67 bits per heavy atom. The second-order valence-electron chi connectivity index (χ2n) is 2.52. The van der Waals surface area contributed by atoms with Gasteiger partial charge in [0, 0.05) is 18.3 Å². The summed E-state index contributed by atoms with van der Waals surface area (Å²) in [6.07, 6.45) is 2.54. The summed E-state index contributed by atoms with van der Waals surface area (Å²) in [7, 11) is 0. The molecule has 12 heavy (non-hydrogen) atoms. The first-order chi connectivity index (χ1) is 5.72. The zero-order valence-corrected chi connectivity index (χ0v) is 8.02. The minimum Gasteiger partial charge on any atom is -0.462 e. The van der Waals surface area contributed by atoms with Crippen LogP contribution in [-0.4, -0.2) is 19.1 Å². The van der Waals surface area contributed by atoms with Gasteiger partial charge < -0.3 is 10.1 Å². The van der Waals surface area contributed by atoms with Crippen LogP contribution in [0.1, 0.15) is 27.2 Å². The summed E-state index contributed by atoms with van der Waals surface area (Å²) in [4.78, 5) is 11.1. The molecule has 0 spiro atoms. The molecule has 0 bridgehead atoms. The summed E-state index contributed by atoms with van der Waals surface area (Å²) in [6.45, 7) is 6.99. The molecule has 0 aliphatic heterocycles. The number of esters is 1. The second kappa shape index (κ2) is 6.70. The highest BCUT2D eigenvalue weighted by Crippen LogP contribution is 1.95. The number of carbonyl (C=O) groups excluding carboxylic acids is 1. The third-order valence-corrected chi connectivity index (χ3v) is 1.28. The van der Waals surface area contributed by atoms with E-state index >= 15 is 0 Å². The van der Waals surface area contributed by atoms with Crippen molar-refractivity contribution < 1.29 is 9.53 Å². The van der Waals surface area contributed by atoms with E-state index in [-0.39, 0.29) is 5.97 Å². The molecule has 70 valence electrons. The van der Waals surface area contributed by atoms with Gasteiger partial charge in [0.2, 0.25) is 0 Å². The Bertz CT molecular complexity index is 164. The molecule has 1 N–H and O–H groups in total. The highest BCUT2D eigenvalue weighted by molar-refractivity contribution is 5.87. The lowest BCUT2D eigenvalue weighted by atomic mass is 10.3. The Hall–Kier alpha value is -0.990. The Kier molecular flexibility index (Phi) is 6.15. The fraction of sp³-hybridized carbons (Fsp3) is 0.667. The van der Waals surface area contributed by atoms with E-state index in [4.69, 9.17) is 4.74 Å². The van der Waals surface area contributed by atoms with E-state index < -0.39 is 0 Å². The zero-order chi connectivity index (χ0) is 9.40. The Balaban J connectivity index is 3.75. The van der Waals surface area contributed by atoms with Gasteiger partial charge in [-0.1, -0.05) is 6.92 Å². The summed E-state index contributed by atoms with van der Waals surface area (Å²) in [6, 6.07) is 0. The topological polar surface area (TPSA) is 38.3 Å². The van der Waals surface area contributed by atoms with Gasteiger partial charge >= 0.3 is 5.97 Å². The van der Waals surface area contributed by atoms with Gasteiger partial charge in [0.25, 0.3) is 0 Å². The van der Waals surface area contributed by atoms with Crippen LogP contribution < -0.4 is 5.32 Å². The van der Waals surface area contributed by atoms with Gasteiger partial charge in [-0.05, 0) is 20.3 Å². The fourth-order valence-corrected chi connectivity index (χ4v) is 0.623. The van der Waals surface area contributed by atoms with E-state index in [1.807, 2.05) is 13.8 Å². The summed E-state index contributed by atoms with van der Waals surface area (Å²) >= 11 is 0. The number of carbonyl (C=O) groups is 1. The van der Waals surface area contributed by atoms with Crippen LogP contribution in [0.4, 0.5) is 0 Å². The molecule has 0 aromatic heterocycles. The SMILES string of the molecule is CCCOC(=O)C(C)=CNCC. The standard InChI is InChI=1S/C9H17NO2/c1-4-6-12-9(11)8(3)7-10-5-2/h7,10H,4-6H2,1-3H3. The normalized spacial score (nSPS) is 11.1. The van der Waals surface area contributed by atoms with E-state index in [0.717, 1.165) is 13.0 Å². The molecule has 0 radical (unpaired) electrons. The van der Waals surface area contributed by atoms with Crippen molar-refractivity contribution in [3.63, 3.8) is 0 Å². The number of hydrogen-bond acceptors (Lipinski definition) is 3. The largest absolute Gasteiger partial charge is 0.462 e. The molecule has 0 fully saturated rings. The maximum absolute atomic E-state index is 11.1. The lowest BCUT2D eigenvalue weighted by Crippen LogP contribution is -2.11. The van der Waals surface area contributed by atoms with Gasteiger partial charge in [0.1, 0.15) is 0 Å². The predicted molar refractivity (Wildman–Crippen MR) is 48.7 cm³/mol. The molecule has 0 aromatic carbocycles. The lowest BCUT2D eigenvalue weighted by molar-refractivity contribution is -0.139. The maximum Gasteiger partial charge on any atom is 0.335 e. The molecule has 0 amide bonds. The molecule has 0 aromatic rings. The first-order valence-corrected chi connectivity index (χ1v) is 4.29. The van der Waals surface area contributed by atoms with Crippen LogP contribution in [0.25, 0.3) is 0 Å². The lowest BCUT2D eigenvalue weighted by Gasteiger charge is -2.02. The van der Waals surface area contributed by atoms with Gasteiger partial charge in [-0.25, -0.2) is 4.79 Å². The number of rotatable bonds is 5. The first-order valence-electron chi connectivity index (χ1n) is 4.29. The van der Waals surface area contributed by atoms with Crippen molar-refractivity contribution >= 4 is 5.97 Å². The van der Waals surface area contributed by atoms with Gasteiger partial charge in [0.05, 0.1) is 6.61 Å². The van der Waals surface area contributed by atoms with E-state index in [1.54, 1.807) is 13.1 Å². The summed E-state index contributed by atoms with van der Waals surface area (Å²) < 4.78 is 4.90. The molecule has 0 atom stereocenters. The Labute approximate surface area is 73.8 Å². The average molecular weight is 171 g/mol. The van der Waals surface area contributed by atoms with Crippen molar-refractivity contribution in [2.24, 2.45) is 0 Å². The highest BCUT2D eigenvalue weighted by Gasteiger charge is 2.03. The van der Waals surface area contributed by atoms with Gasteiger partial charge in [0.15, 0.2) is 0 Å². The van der Waals surface area contributed by atoms with E-state index in [2.05, 4.69) is 5.32 Å². The van der Waals surface area contributed by atoms with E-state index in [1.165, 1.54) is 0 Å². The van der Waals surface area contributed by atoms with Crippen molar-refractivity contribution in [2.45, 2.75) is 27.2 Å². The highest BCUT2D eigenvalue weighted by atomic mass is 16.5. The Morgan fingerprint density at radius 2 is 2.17 bits per heavy atom. The first kappa shape index (κ1) is 11.0. The quantitative estimate of drug-likeness (QED) is 0.502. The molecule has 0 saturated carbocycles. The number of hydrogen-bond donors (Lipinski definition) is 1. The van der Waals surface area contributed by atoms with Crippen LogP contribution in [0, 0.1) is 0 Å². The molecular formula is C9H17NO2. The molecular weight excluding hydrogens is 154 g/mol. The van der Waals surface area contributed by atoms with Gasteiger partial charge in [-0.2, -0.15) is 0 Å². The summed E-state index contributed by atoms with van der Waals surface area (Å²) in [5.74, 6) is -0.238. The summed E-state index contributed by atoms with van der Waals surface area (Å²) in [5.41, 5.74) is 0.616. The number of ether oxygens (including phenoxy) is 1. The second-order valence-corrected chi connectivity index (χ2v) is 2.52. The molecule has 0 unspecified atom stereocenters. The van der Waals surface area contributed by atoms with Crippen molar-refractivity contribution in [2.75, 3.05) is 13.2 Å². The molecule has 0 heterocycles.